The number of amides is 1. The van der Waals surface area contributed by atoms with Crippen molar-refractivity contribution in [1.82, 2.24) is 19.3 Å². The number of thioether (sulfide) groups is 1. The van der Waals surface area contributed by atoms with Gasteiger partial charge in [0, 0.05) is 42.7 Å². The Labute approximate surface area is 122 Å². The largest absolute Gasteiger partial charge is 0.335 e. The van der Waals surface area contributed by atoms with Crippen molar-refractivity contribution in [3.8, 4) is 0 Å². The zero-order chi connectivity index (χ0) is 14.1. The van der Waals surface area contributed by atoms with Gasteiger partial charge in [0.1, 0.15) is 5.69 Å². The van der Waals surface area contributed by atoms with Crippen LogP contribution >= 0.6 is 11.8 Å². The number of carbonyl (C=O) groups excluding carboxylic acids is 1. The standard InChI is InChI=1S/C14H18N4OS/c1-10(2)12-9-17(6-7-20-12)13(19)11-8-18-5-3-4-15-14(18)16-11/h3-5,8,10,12H,6-7,9H2,1-2H3. The molecule has 1 amide bonds. The van der Waals surface area contributed by atoms with Crippen molar-refractivity contribution >= 4 is 23.4 Å². The molecule has 1 aliphatic heterocycles. The summed E-state index contributed by atoms with van der Waals surface area (Å²) < 4.78 is 1.78. The van der Waals surface area contributed by atoms with Crippen LogP contribution in [0.3, 0.4) is 0 Å². The predicted molar refractivity (Wildman–Crippen MR) is 80.0 cm³/mol. The van der Waals surface area contributed by atoms with Crippen molar-refractivity contribution < 1.29 is 4.79 Å². The molecule has 5 nitrogen and oxygen atoms in total. The van der Waals surface area contributed by atoms with E-state index in [-0.39, 0.29) is 5.91 Å². The molecule has 0 saturated carbocycles. The van der Waals surface area contributed by atoms with Crippen LogP contribution < -0.4 is 0 Å². The Balaban J connectivity index is 1.81. The Morgan fingerprint density at radius 2 is 2.35 bits per heavy atom. The third-order valence-electron chi connectivity index (χ3n) is 3.58. The van der Waals surface area contributed by atoms with E-state index in [1.54, 1.807) is 16.8 Å². The van der Waals surface area contributed by atoms with Gasteiger partial charge in [-0.05, 0) is 12.0 Å². The smallest absolute Gasteiger partial charge is 0.274 e. The number of carbonyl (C=O) groups is 1. The van der Waals surface area contributed by atoms with E-state index in [4.69, 9.17) is 0 Å². The van der Waals surface area contributed by atoms with E-state index >= 15 is 0 Å². The fourth-order valence-corrected chi connectivity index (χ4v) is 3.66. The molecule has 20 heavy (non-hydrogen) atoms. The Morgan fingerprint density at radius 1 is 1.50 bits per heavy atom. The van der Waals surface area contributed by atoms with Crippen LogP contribution in [0.2, 0.25) is 0 Å². The van der Waals surface area contributed by atoms with E-state index in [1.165, 1.54) is 0 Å². The SMILES string of the molecule is CC(C)C1CN(C(=O)c2cn3cccnc3n2)CCS1. The zero-order valence-electron chi connectivity index (χ0n) is 11.7. The number of rotatable bonds is 2. The van der Waals surface area contributed by atoms with Crippen LogP contribution in [0.25, 0.3) is 5.78 Å². The summed E-state index contributed by atoms with van der Waals surface area (Å²) in [7, 11) is 0. The fourth-order valence-electron chi connectivity index (χ4n) is 2.36. The average Bonchev–Trinajstić information content (AvgIpc) is 2.90. The van der Waals surface area contributed by atoms with Gasteiger partial charge < -0.3 is 4.90 Å². The van der Waals surface area contributed by atoms with Gasteiger partial charge in [0.25, 0.3) is 5.91 Å². The highest BCUT2D eigenvalue weighted by Crippen LogP contribution is 2.25. The van der Waals surface area contributed by atoms with Gasteiger partial charge in [-0.15, -0.1) is 0 Å². The van der Waals surface area contributed by atoms with Crippen LogP contribution in [0.1, 0.15) is 24.3 Å². The summed E-state index contributed by atoms with van der Waals surface area (Å²) in [5.74, 6) is 2.17. The monoisotopic (exact) mass is 290 g/mol. The first kappa shape index (κ1) is 13.4. The Bertz CT molecular complexity index is 591. The molecule has 3 rings (SSSR count). The van der Waals surface area contributed by atoms with Crippen LogP contribution in [0.15, 0.2) is 24.7 Å². The molecule has 0 spiro atoms. The lowest BCUT2D eigenvalue weighted by molar-refractivity contribution is 0.0751. The normalized spacial score (nSPS) is 19.8. The summed E-state index contributed by atoms with van der Waals surface area (Å²) in [6, 6.07) is 1.83. The van der Waals surface area contributed by atoms with Gasteiger partial charge in [0.15, 0.2) is 0 Å². The van der Waals surface area contributed by atoms with E-state index in [9.17, 15) is 4.79 Å². The van der Waals surface area contributed by atoms with Crippen LogP contribution in [0, 0.1) is 5.92 Å². The molecule has 0 aromatic carbocycles. The van der Waals surface area contributed by atoms with Gasteiger partial charge in [0.05, 0.1) is 0 Å². The summed E-state index contributed by atoms with van der Waals surface area (Å²) >= 11 is 1.96. The lowest BCUT2D eigenvalue weighted by Gasteiger charge is -2.33. The highest BCUT2D eigenvalue weighted by molar-refractivity contribution is 8.00. The van der Waals surface area contributed by atoms with Gasteiger partial charge in [-0.1, -0.05) is 13.8 Å². The first-order valence-corrected chi connectivity index (χ1v) is 7.90. The first-order valence-electron chi connectivity index (χ1n) is 6.86. The highest BCUT2D eigenvalue weighted by Gasteiger charge is 2.27. The first-order chi connectivity index (χ1) is 9.65. The van der Waals surface area contributed by atoms with Crippen molar-refractivity contribution in [2.45, 2.75) is 19.1 Å². The molecule has 2 aromatic rings. The molecule has 6 heteroatoms. The lowest BCUT2D eigenvalue weighted by atomic mass is 10.1. The second kappa shape index (κ2) is 5.44. The summed E-state index contributed by atoms with van der Waals surface area (Å²) in [5, 5.41) is 0.517. The predicted octanol–water partition coefficient (Wildman–Crippen LogP) is 1.94. The summed E-state index contributed by atoms with van der Waals surface area (Å²) in [5.41, 5.74) is 0.484. The number of imidazole rings is 1. The molecule has 1 atom stereocenters. The van der Waals surface area contributed by atoms with Crippen molar-refractivity contribution in [2.75, 3.05) is 18.8 Å². The van der Waals surface area contributed by atoms with Crippen LogP contribution in [0.4, 0.5) is 0 Å². The maximum Gasteiger partial charge on any atom is 0.274 e. The minimum Gasteiger partial charge on any atom is -0.335 e. The summed E-state index contributed by atoms with van der Waals surface area (Å²) in [6.45, 7) is 6.03. The van der Waals surface area contributed by atoms with Crippen molar-refractivity contribution in [3.05, 3.63) is 30.4 Å². The Kier molecular flexibility index (Phi) is 3.65. The fraction of sp³-hybridized carbons (Fsp3) is 0.500. The minimum atomic E-state index is 0.0152. The van der Waals surface area contributed by atoms with E-state index in [0.717, 1.165) is 18.8 Å². The zero-order valence-corrected chi connectivity index (χ0v) is 12.5. The van der Waals surface area contributed by atoms with Gasteiger partial charge >= 0.3 is 0 Å². The van der Waals surface area contributed by atoms with E-state index < -0.39 is 0 Å². The number of hydrogen-bond acceptors (Lipinski definition) is 4. The van der Waals surface area contributed by atoms with Gasteiger partial charge in [-0.25, -0.2) is 9.97 Å². The third-order valence-corrected chi connectivity index (χ3v) is 5.12. The third kappa shape index (κ3) is 2.52. The number of fused-ring (bicyclic) bond motifs is 1. The van der Waals surface area contributed by atoms with Gasteiger partial charge in [0.2, 0.25) is 5.78 Å². The molecule has 1 aliphatic rings. The van der Waals surface area contributed by atoms with Gasteiger partial charge in [-0.2, -0.15) is 11.8 Å². The number of hydrogen-bond donors (Lipinski definition) is 0. The van der Waals surface area contributed by atoms with E-state index in [1.807, 2.05) is 28.9 Å². The number of nitrogens with zero attached hydrogens (tertiary/aromatic N) is 4. The minimum absolute atomic E-state index is 0.0152. The Morgan fingerprint density at radius 3 is 3.10 bits per heavy atom. The molecular weight excluding hydrogens is 272 g/mol. The van der Waals surface area contributed by atoms with Crippen molar-refractivity contribution in [3.63, 3.8) is 0 Å². The maximum absolute atomic E-state index is 12.6. The summed E-state index contributed by atoms with van der Waals surface area (Å²) in [6.07, 6.45) is 5.30. The lowest BCUT2D eigenvalue weighted by Crippen LogP contribution is -2.43. The van der Waals surface area contributed by atoms with Crippen LogP contribution in [-0.4, -0.2) is 49.3 Å². The molecule has 1 unspecified atom stereocenters. The second-order valence-corrected chi connectivity index (χ2v) is 6.70. The molecule has 0 radical (unpaired) electrons. The van der Waals surface area contributed by atoms with Crippen molar-refractivity contribution in [2.24, 2.45) is 5.92 Å². The molecule has 3 heterocycles. The molecule has 0 bridgehead atoms. The molecule has 1 fully saturated rings. The van der Waals surface area contributed by atoms with E-state index in [2.05, 4.69) is 23.8 Å². The quantitative estimate of drug-likeness (QED) is 0.848. The summed E-state index contributed by atoms with van der Waals surface area (Å²) in [4.78, 5) is 22.9. The molecular formula is C14H18N4OS. The molecule has 0 N–H and O–H groups in total. The molecule has 1 saturated heterocycles. The average molecular weight is 290 g/mol. The topological polar surface area (TPSA) is 50.5 Å². The van der Waals surface area contributed by atoms with Gasteiger partial charge in [-0.3, -0.25) is 9.20 Å². The molecule has 2 aromatic heterocycles. The molecule has 106 valence electrons. The van der Waals surface area contributed by atoms with Crippen molar-refractivity contribution in [1.29, 1.82) is 0 Å². The maximum atomic E-state index is 12.6. The molecule has 0 aliphatic carbocycles. The Hall–Kier alpha value is -1.56. The second-order valence-electron chi connectivity index (χ2n) is 5.36. The number of aromatic nitrogens is 3. The van der Waals surface area contributed by atoms with Crippen LogP contribution in [0.5, 0.6) is 0 Å². The highest BCUT2D eigenvalue weighted by atomic mass is 32.2. The van der Waals surface area contributed by atoms with E-state index in [0.29, 0.717) is 22.6 Å². The van der Waals surface area contributed by atoms with Crippen LogP contribution in [-0.2, 0) is 0 Å².